The zero-order valence-electron chi connectivity index (χ0n) is 10.1. The van der Waals surface area contributed by atoms with Crippen molar-refractivity contribution < 1.29 is 20.1 Å². The van der Waals surface area contributed by atoms with E-state index in [1.165, 1.54) is 0 Å². The second-order valence-corrected chi connectivity index (χ2v) is 4.22. The minimum atomic E-state index is -1.32. The molecule has 1 unspecified atom stereocenters. The smallest absolute Gasteiger partial charge is 0.153 e. The summed E-state index contributed by atoms with van der Waals surface area (Å²) in [6, 6.07) is 0. The van der Waals surface area contributed by atoms with Crippen LogP contribution in [0.5, 0.6) is 0 Å². The Morgan fingerprint density at radius 3 is 2.56 bits per heavy atom. The molecule has 0 aliphatic carbocycles. The molecule has 0 aromatic rings. The molecule has 0 saturated carbocycles. The summed E-state index contributed by atoms with van der Waals surface area (Å²) in [5, 5.41) is 26.7. The number of aliphatic hydroxyl groups is 3. The monoisotopic (exact) mass is 232 g/mol. The van der Waals surface area contributed by atoms with Gasteiger partial charge < -0.3 is 20.1 Å². The number of hydrogen-bond donors (Lipinski definition) is 3. The summed E-state index contributed by atoms with van der Waals surface area (Å²) in [5.41, 5.74) is -0.267. The van der Waals surface area contributed by atoms with Crippen LogP contribution < -0.4 is 0 Å². The van der Waals surface area contributed by atoms with Crippen LogP contribution in [0.3, 0.4) is 0 Å². The van der Waals surface area contributed by atoms with Gasteiger partial charge in [0.25, 0.3) is 0 Å². The summed E-state index contributed by atoms with van der Waals surface area (Å²) in [6.45, 7) is 6.53. The van der Waals surface area contributed by atoms with E-state index < -0.39 is 6.29 Å². The molecule has 16 heavy (non-hydrogen) atoms. The zero-order valence-corrected chi connectivity index (χ0v) is 10.1. The van der Waals surface area contributed by atoms with Crippen LogP contribution in [-0.4, -0.2) is 41.4 Å². The Morgan fingerprint density at radius 1 is 1.44 bits per heavy atom. The van der Waals surface area contributed by atoms with Crippen molar-refractivity contribution in [3.05, 3.63) is 12.7 Å². The molecule has 0 rings (SSSR count). The van der Waals surface area contributed by atoms with Crippen LogP contribution in [0, 0.1) is 5.41 Å². The molecule has 4 nitrogen and oxygen atoms in total. The molecule has 0 saturated heterocycles. The summed E-state index contributed by atoms with van der Waals surface area (Å²) in [6.07, 6.45) is 3.21. The van der Waals surface area contributed by atoms with E-state index in [1.807, 2.05) is 0 Å². The highest BCUT2D eigenvalue weighted by Crippen LogP contribution is 2.28. The van der Waals surface area contributed by atoms with Crippen molar-refractivity contribution in [3.8, 4) is 0 Å². The third-order valence-electron chi connectivity index (χ3n) is 2.62. The Kier molecular flexibility index (Phi) is 8.47. The highest BCUT2D eigenvalue weighted by atomic mass is 16.5. The molecule has 0 fully saturated rings. The maximum Gasteiger partial charge on any atom is 0.153 e. The summed E-state index contributed by atoms with van der Waals surface area (Å²) in [7, 11) is 0. The van der Waals surface area contributed by atoms with Gasteiger partial charge in [0.2, 0.25) is 0 Å². The second kappa shape index (κ2) is 8.70. The normalized spacial score (nSPS) is 15.1. The van der Waals surface area contributed by atoms with Crippen molar-refractivity contribution in [2.45, 2.75) is 38.9 Å². The minimum absolute atomic E-state index is 0.0640. The first-order chi connectivity index (χ1) is 7.60. The molecular weight excluding hydrogens is 208 g/mol. The first-order valence-electron chi connectivity index (χ1n) is 5.76. The Hall–Kier alpha value is -0.420. The molecule has 1 atom stereocenters. The average Bonchev–Trinajstić information content (AvgIpc) is 2.24. The Bertz CT molecular complexity index is 182. The largest absolute Gasteiger partial charge is 0.396 e. The lowest BCUT2D eigenvalue weighted by molar-refractivity contribution is -0.0718. The summed E-state index contributed by atoms with van der Waals surface area (Å²) < 4.78 is 5.38. The van der Waals surface area contributed by atoms with Crippen LogP contribution in [0.4, 0.5) is 0 Å². The second-order valence-electron chi connectivity index (χ2n) is 4.22. The van der Waals surface area contributed by atoms with Gasteiger partial charge in [-0.05, 0) is 12.8 Å². The van der Waals surface area contributed by atoms with Gasteiger partial charge in [0.15, 0.2) is 6.29 Å². The first-order valence-corrected chi connectivity index (χ1v) is 5.76. The molecule has 0 spiro atoms. The maximum atomic E-state index is 9.42. The number of allylic oxidation sites excluding steroid dienone is 1. The van der Waals surface area contributed by atoms with E-state index in [-0.39, 0.29) is 18.4 Å². The topological polar surface area (TPSA) is 69.9 Å². The maximum absolute atomic E-state index is 9.42. The van der Waals surface area contributed by atoms with Crippen molar-refractivity contribution in [1.82, 2.24) is 0 Å². The van der Waals surface area contributed by atoms with Crippen LogP contribution >= 0.6 is 0 Å². The van der Waals surface area contributed by atoms with E-state index in [2.05, 4.69) is 13.5 Å². The Balaban J connectivity index is 4.03. The number of rotatable bonds is 10. The molecule has 0 aromatic carbocycles. The Labute approximate surface area is 97.6 Å². The summed E-state index contributed by atoms with van der Waals surface area (Å²) in [4.78, 5) is 0. The fourth-order valence-electron chi connectivity index (χ4n) is 1.74. The van der Waals surface area contributed by atoms with Gasteiger partial charge in [0.1, 0.15) is 0 Å². The van der Waals surface area contributed by atoms with Gasteiger partial charge in [0.05, 0.1) is 19.8 Å². The quantitative estimate of drug-likeness (QED) is 0.299. The van der Waals surface area contributed by atoms with Crippen LogP contribution in [-0.2, 0) is 4.74 Å². The van der Waals surface area contributed by atoms with Gasteiger partial charge in [-0.25, -0.2) is 0 Å². The predicted octanol–water partition coefficient (Wildman–Crippen LogP) is 1.06. The van der Waals surface area contributed by atoms with Gasteiger partial charge in [-0.2, -0.15) is 0 Å². The van der Waals surface area contributed by atoms with Crippen LogP contribution in [0.25, 0.3) is 0 Å². The molecule has 96 valence electrons. The Morgan fingerprint density at radius 2 is 2.12 bits per heavy atom. The molecule has 0 aliphatic heterocycles. The molecule has 3 N–H and O–H groups in total. The van der Waals surface area contributed by atoms with Crippen molar-refractivity contribution >= 4 is 0 Å². The lowest BCUT2D eigenvalue weighted by atomic mass is 9.82. The van der Waals surface area contributed by atoms with E-state index in [0.29, 0.717) is 19.6 Å². The van der Waals surface area contributed by atoms with E-state index in [0.717, 1.165) is 12.8 Å². The molecule has 0 heterocycles. The molecule has 0 aliphatic rings. The van der Waals surface area contributed by atoms with Gasteiger partial charge in [-0.1, -0.05) is 19.4 Å². The van der Waals surface area contributed by atoms with E-state index in [9.17, 15) is 5.11 Å². The van der Waals surface area contributed by atoms with E-state index in [1.54, 1.807) is 6.08 Å². The first kappa shape index (κ1) is 15.6. The zero-order chi connectivity index (χ0) is 12.4. The van der Waals surface area contributed by atoms with Crippen LogP contribution in [0.15, 0.2) is 12.7 Å². The minimum Gasteiger partial charge on any atom is -0.396 e. The van der Waals surface area contributed by atoms with Crippen molar-refractivity contribution in [1.29, 1.82) is 0 Å². The summed E-state index contributed by atoms with van der Waals surface area (Å²) >= 11 is 0. The molecule has 0 aromatic heterocycles. The van der Waals surface area contributed by atoms with E-state index >= 15 is 0 Å². The van der Waals surface area contributed by atoms with E-state index in [4.69, 9.17) is 14.9 Å². The molecule has 0 radical (unpaired) electrons. The van der Waals surface area contributed by atoms with Gasteiger partial charge in [-0.15, -0.1) is 6.58 Å². The lowest BCUT2D eigenvalue weighted by Crippen LogP contribution is -2.31. The SMILES string of the molecule is C=CCC(CO)(CCC)COCCC(O)O. The third kappa shape index (κ3) is 6.23. The standard InChI is InChI=1S/C12H24O4/c1-3-6-12(9-13,7-4-2)10-16-8-5-11(14)15/h3,11,13-15H,1,4-10H2,2H3. The number of aliphatic hydroxyl groups excluding tert-OH is 2. The van der Waals surface area contributed by atoms with Crippen LogP contribution in [0.2, 0.25) is 0 Å². The van der Waals surface area contributed by atoms with Gasteiger partial charge >= 0.3 is 0 Å². The van der Waals surface area contributed by atoms with Crippen molar-refractivity contribution in [3.63, 3.8) is 0 Å². The number of ether oxygens (including phenoxy) is 1. The van der Waals surface area contributed by atoms with Crippen molar-refractivity contribution in [2.75, 3.05) is 19.8 Å². The third-order valence-corrected chi connectivity index (χ3v) is 2.62. The van der Waals surface area contributed by atoms with Crippen LogP contribution in [0.1, 0.15) is 32.6 Å². The fourth-order valence-corrected chi connectivity index (χ4v) is 1.74. The van der Waals surface area contributed by atoms with Gasteiger partial charge in [0, 0.05) is 11.8 Å². The predicted molar refractivity (Wildman–Crippen MR) is 62.9 cm³/mol. The molecule has 4 heteroatoms. The average molecular weight is 232 g/mol. The highest BCUT2D eigenvalue weighted by molar-refractivity contribution is 4.86. The molecule has 0 bridgehead atoms. The van der Waals surface area contributed by atoms with Crippen molar-refractivity contribution in [2.24, 2.45) is 5.41 Å². The fraction of sp³-hybridized carbons (Fsp3) is 0.833. The summed E-state index contributed by atoms with van der Waals surface area (Å²) in [5.74, 6) is 0. The molecular formula is C12H24O4. The highest BCUT2D eigenvalue weighted by Gasteiger charge is 2.27. The molecule has 0 amide bonds. The lowest BCUT2D eigenvalue weighted by Gasteiger charge is -2.30. The number of hydrogen-bond acceptors (Lipinski definition) is 4. The van der Waals surface area contributed by atoms with Gasteiger partial charge in [-0.3, -0.25) is 0 Å².